The van der Waals surface area contributed by atoms with Crippen molar-refractivity contribution in [1.29, 1.82) is 0 Å². The molecule has 0 N–H and O–H groups in total. The average Bonchev–Trinajstić information content (AvgIpc) is 3.42. The highest BCUT2D eigenvalue weighted by atomic mass is 35.5. The van der Waals surface area contributed by atoms with Gasteiger partial charge in [0.05, 0.1) is 5.69 Å². The summed E-state index contributed by atoms with van der Waals surface area (Å²) >= 11 is 25.5. The number of anilines is 1. The molecule has 47 heavy (non-hydrogen) atoms. The number of rotatable bonds is 4. The second kappa shape index (κ2) is 11.1. The molecule has 0 amide bonds. The molecule has 236 valence electrons. The van der Waals surface area contributed by atoms with Crippen molar-refractivity contribution in [3.63, 3.8) is 0 Å². The maximum Gasteiger partial charge on any atom is 0.296 e. The summed E-state index contributed by atoms with van der Waals surface area (Å²) in [7, 11) is 1.88. The van der Waals surface area contributed by atoms with Gasteiger partial charge in [-0.05, 0) is 82.9 Å². The number of nitrogens with zero attached hydrogens (tertiary/aromatic N) is 1. The molecule has 0 aromatic heterocycles. The van der Waals surface area contributed by atoms with Crippen molar-refractivity contribution >= 4 is 57.9 Å². The molecule has 0 bridgehead atoms. The van der Waals surface area contributed by atoms with Crippen molar-refractivity contribution in [1.82, 2.24) is 0 Å². The standard InChI is InChI=1S/C38H27Cl4NO4/c1-43-33-5-3-2-4-32(33)34(44)35-22-36(24-6-14-28(39)15-7-24,25-8-16-29(40)17-9-25)45-38(35,43)47-46-37(23-35,26-10-18-30(41)19-11-26)27-12-20-31(42)21-13-27/h2-21H,22-23H2,1H3. The zero-order valence-corrected chi connectivity index (χ0v) is 28.1. The topological polar surface area (TPSA) is 48.0 Å². The van der Waals surface area contributed by atoms with Crippen molar-refractivity contribution < 1.29 is 19.3 Å². The first-order valence-corrected chi connectivity index (χ1v) is 16.6. The fraction of sp³-hybridized carbons (Fsp3) is 0.184. The largest absolute Gasteiger partial charge is 0.320 e. The predicted molar refractivity (Wildman–Crippen MR) is 184 cm³/mol. The van der Waals surface area contributed by atoms with Gasteiger partial charge in [0.25, 0.3) is 5.91 Å². The summed E-state index contributed by atoms with van der Waals surface area (Å²) < 4.78 is 7.36. The van der Waals surface area contributed by atoms with E-state index in [9.17, 15) is 0 Å². The van der Waals surface area contributed by atoms with Gasteiger partial charge < -0.3 is 9.64 Å². The molecule has 3 aliphatic heterocycles. The van der Waals surface area contributed by atoms with Gasteiger partial charge in [-0.3, -0.25) is 4.79 Å². The van der Waals surface area contributed by atoms with Crippen molar-refractivity contribution in [3.05, 3.63) is 169 Å². The van der Waals surface area contributed by atoms with Gasteiger partial charge in [0.1, 0.15) is 11.0 Å². The van der Waals surface area contributed by atoms with E-state index >= 15 is 4.79 Å². The molecule has 0 radical (unpaired) electrons. The summed E-state index contributed by atoms with van der Waals surface area (Å²) in [4.78, 5) is 30.7. The van der Waals surface area contributed by atoms with Gasteiger partial charge in [-0.1, -0.05) is 107 Å². The van der Waals surface area contributed by atoms with Crippen molar-refractivity contribution in [2.75, 3.05) is 11.9 Å². The number of benzene rings is 5. The molecule has 2 unspecified atom stereocenters. The quantitative estimate of drug-likeness (QED) is 0.175. The Balaban J connectivity index is 1.43. The maximum absolute atomic E-state index is 15.4. The van der Waals surface area contributed by atoms with Gasteiger partial charge in [0.2, 0.25) is 0 Å². The Kier molecular flexibility index (Phi) is 7.29. The number of hydrogen-bond acceptors (Lipinski definition) is 5. The van der Waals surface area contributed by atoms with Crippen LogP contribution in [0.4, 0.5) is 5.69 Å². The molecule has 0 aliphatic carbocycles. The third kappa shape index (κ3) is 4.45. The van der Waals surface area contributed by atoms with Gasteiger partial charge in [0.15, 0.2) is 11.4 Å². The van der Waals surface area contributed by atoms with E-state index in [4.69, 9.17) is 60.9 Å². The molecular weight excluding hydrogens is 676 g/mol. The first-order chi connectivity index (χ1) is 22.6. The smallest absolute Gasteiger partial charge is 0.296 e. The number of hydrogen-bond donors (Lipinski definition) is 0. The maximum atomic E-state index is 15.4. The highest BCUT2D eigenvalue weighted by Crippen LogP contribution is 2.69. The number of Topliss-reactive ketones (excluding diaryl/α,β-unsaturated/α-hetero) is 1. The monoisotopic (exact) mass is 701 g/mol. The summed E-state index contributed by atoms with van der Waals surface area (Å²) in [5.41, 5.74) is 0.630. The third-order valence-electron chi connectivity index (χ3n) is 9.94. The summed E-state index contributed by atoms with van der Waals surface area (Å²) in [5, 5.41) is 2.29. The lowest BCUT2D eigenvalue weighted by Crippen LogP contribution is -2.69. The number of halogens is 4. The lowest BCUT2D eigenvalue weighted by atomic mass is 9.60. The van der Waals surface area contributed by atoms with Gasteiger partial charge >= 0.3 is 0 Å². The molecule has 5 nitrogen and oxygen atoms in total. The van der Waals surface area contributed by atoms with E-state index in [1.54, 1.807) is 24.3 Å². The number of para-hydroxylation sites is 1. The third-order valence-corrected chi connectivity index (χ3v) is 11.0. The summed E-state index contributed by atoms with van der Waals surface area (Å²) in [6, 6.07) is 37.3. The molecule has 9 heteroatoms. The molecule has 3 aliphatic rings. The lowest BCUT2D eigenvalue weighted by molar-refractivity contribution is -0.505. The Morgan fingerprint density at radius 3 is 1.43 bits per heavy atom. The number of fused-ring (bicyclic) bond motifs is 1. The van der Waals surface area contributed by atoms with Crippen LogP contribution in [-0.4, -0.2) is 18.7 Å². The molecule has 0 spiro atoms. The molecule has 2 atom stereocenters. The van der Waals surface area contributed by atoms with E-state index in [1.165, 1.54) is 0 Å². The van der Waals surface area contributed by atoms with E-state index < -0.39 is 22.5 Å². The SMILES string of the molecule is CN1c2ccccc2C(=O)C23CC(c4ccc(Cl)cc4)(c4ccc(Cl)cc4)OOC12OC(c1ccc(Cl)cc1)(c1ccc(Cl)cc1)C3. The van der Waals surface area contributed by atoms with Gasteiger partial charge in [-0.2, -0.15) is 4.89 Å². The zero-order valence-electron chi connectivity index (χ0n) is 25.1. The summed E-state index contributed by atoms with van der Waals surface area (Å²) in [6.45, 7) is 0. The van der Waals surface area contributed by atoms with Crippen LogP contribution in [0.5, 0.6) is 0 Å². The average molecular weight is 703 g/mol. The molecule has 5 aromatic rings. The van der Waals surface area contributed by atoms with Crippen LogP contribution in [0.2, 0.25) is 20.1 Å². The lowest BCUT2D eigenvalue weighted by Gasteiger charge is -2.57. The van der Waals surface area contributed by atoms with Gasteiger partial charge in [0, 0.05) is 45.5 Å². The molecule has 8 rings (SSSR count). The first-order valence-electron chi connectivity index (χ1n) is 15.1. The molecule has 3 heterocycles. The second-order valence-electron chi connectivity index (χ2n) is 12.4. The van der Waals surface area contributed by atoms with Crippen LogP contribution in [-0.2, 0) is 25.7 Å². The summed E-state index contributed by atoms with van der Waals surface area (Å²) in [6.07, 6.45) is 0.386. The Labute approximate surface area is 292 Å². The van der Waals surface area contributed by atoms with Crippen molar-refractivity contribution in [3.8, 4) is 0 Å². The fourth-order valence-corrected chi connectivity index (χ4v) is 8.22. The van der Waals surface area contributed by atoms with Gasteiger partial charge in [-0.15, -0.1) is 0 Å². The normalized spacial score (nSPS) is 23.9. The van der Waals surface area contributed by atoms with Crippen molar-refractivity contribution in [2.45, 2.75) is 30.0 Å². The number of carbonyl (C=O) groups is 1. The Morgan fingerprint density at radius 1 is 0.553 bits per heavy atom. The van der Waals surface area contributed by atoms with E-state index in [2.05, 4.69) is 0 Å². The Hall–Kier alpha value is -3.39. The van der Waals surface area contributed by atoms with Crippen LogP contribution in [0.3, 0.4) is 0 Å². The highest BCUT2D eigenvalue weighted by Gasteiger charge is 2.79. The molecule has 5 aromatic carbocycles. The number of ketones is 1. The van der Waals surface area contributed by atoms with Crippen LogP contribution in [0.25, 0.3) is 0 Å². The molecule has 2 fully saturated rings. The van der Waals surface area contributed by atoms with E-state index in [1.807, 2.05) is 109 Å². The Bertz CT molecular complexity index is 1910. The number of ether oxygens (including phenoxy) is 1. The van der Waals surface area contributed by atoms with E-state index in [0.717, 1.165) is 22.3 Å². The first kappa shape index (κ1) is 30.9. The Morgan fingerprint density at radius 2 is 0.957 bits per heavy atom. The van der Waals surface area contributed by atoms with Crippen LogP contribution < -0.4 is 4.90 Å². The minimum Gasteiger partial charge on any atom is -0.320 e. The van der Waals surface area contributed by atoms with Crippen molar-refractivity contribution in [2.24, 2.45) is 5.41 Å². The van der Waals surface area contributed by atoms with Crippen LogP contribution >= 0.6 is 46.4 Å². The second-order valence-corrected chi connectivity index (χ2v) is 14.1. The predicted octanol–water partition coefficient (Wildman–Crippen LogP) is 10.2. The molecule has 2 saturated heterocycles. The van der Waals surface area contributed by atoms with Crippen LogP contribution in [0, 0.1) is 5.41 Å². The van der Waals surface area contributed by atoms with Crippen LogP contribution in [0.15, 0.2) is 121 Å². The highest BCUT2D eigenvalue weighted by molar-refractivity contribution is 6.31. The molecular formula is C38H27Cl4NO4. The minimum atomic E-state index is -1.68. The van der Waals surface area contributed by atoms with E-state index in [-0.39, 0.29) is 18.6 Å². The number of carbonyl (C=O) groups excluding carboxylic acids is 1. The van der Waals surface area contributed by atoms with E-state index in [0.29, 0.717) is 31.3 Å². The zero-order chi connectivity index (χ0) is 32.6. The minimum absolute atomic E-state index is 0.105. The van der Waals surface area contributed by atoms with Crippen LogP contribution in [0.1, 0.15) is 45.5 Å². The van der Waals surface area contributed by atoms with Gasteiger partial charge in [-0.25, -0.2) is 4.89 Å². The molecule has 0 saturated carbocycles. The fourth-order valence-electron chi connectivity index (χ4n) is 7.72. The summed E-state index contributed by atoms with van der Waals surface area (Å²) in [5.74, 6) is -1.79.